The van der Waals surface area contributed by atoms with Crippen LogP contribution in [0.5, 0.6) is 5.75 Å². The van der Waals surface area contributed by atoms with Gasteiger partial charge in [-0.3, -0.25) is 4.99 Å². The Morgan fingerprint density at radius 2 is 1.68 bits per heavy atom. The average Bonchev–Trinajstić information content (AvgIpc) is 2.57. The van der Waals surface area contributed by atoms with Gasteiger partial charge in [0.1, 0.15) is 11.6 Å². The Bertz CT molecular complexity index is 675. The largest absolute Gasteiger partial charge is 0.491 e. The fraction of sp³-hybridized carbons (Fsp3) is 0.316. The van der Waals surface area contributed by atoms with Crippen LogP contribution in [0.4, 0.5) is 4.39 Å². The number of nitrogens with one attached hydrogen (secondary N) is 2. The molecule has 0 saturated carbocycles. The highest BCUT2D eigenvalue weighted by Crippen LogP contribution is 2.13. The molecule has 0 aliphatic carbocycles. The van der Waals surface area contributed by atoms with E-state index in [-0.39, 0.29) is 35.9 Å². The van der Waals surface area contributed by atoms with E-state index in [9.17, 15) is 4.39 Å². The first-order valence-corrected chi connectivity index (χ1v) is 8.02. The van der Waals surface area contributed by atoms with E-state index in [1.807, 2.05) is 44.2 Å². The first-order chi connectivity index (χ1) is 11.6. The molecule has 0 saturated heterocycles. The molecule has 0 aromatic heterocycles. The van der Waals surface area contributed by atoms with Gasteiger partial charge in [0.25, 0.3) is 0 Å². The van der Waals surface area contributed by atoms with Crippen molar-refractivity contribution in [1.82, 2.24) is 10.6 Å². The second-order valence-corrected chi connectivity index (χ2v) is 5.68. The molecule has 2 aromatic rings. The molecule has 25 heavy (non-hydrogen) atoms. The average molecular weight is 457 g/mol. The summed E-state index contributed by atoms with van der Waals surface area (Å²) in [6.07, 6.45) is 0.162. The van der Waals surface area contributed by atoms with Crippen LogP contribution in [0.15, 0.2) is 53.5 Å². The Morgan fingerprint density at radius 1 is 1.04 bits per heavy atom. The number of aliphatic imine (C=N–C) groups is 1. The molecular weight excluding hydrogens is 432 g/mol. The maximum absolute atomic E-state index is 13.6. The Labute approximate surface area is 165 Å². The molecule has 0 unspecified atom stereocenters. The van der Waals surface area contributed by atoms with Crippen molar-refractivity contribution in [3.05, 3.63) is 65.5 Å². The zero-order valence-corrected chi connectivity index (χ0v) is 17.1. The first-order valence-electron chi connectivity index (χ1n) is 8.02. The molecule has 6 heteroatoms. The lowest BCUT2D eigenvalue weighted by atomic mass is 10.2. The molecule has 0 heterocycles. The van der Waals surface area contributed by atoms with E-state index in [4.69, 9.17) is 4.74 Å². The summed E-state index contributed by atoms with van der Waals surface area (Å²) >= 11 is 0. The second kappa shape index (κ2) is 10.9. The molecule has 2 N–H and O–H groups in total. The summed E-state index contributed by atoms with van der Waals surface area (Å²) in [4.78, 5) is 4.15. The molecule has 2 rings (SSSR count). The van der Waals surface area contributed by atoms with E-state index in [1.54, 1.807) is 19.2 Å². The molecule has 2 aromatic carbocycles. The van der Waals surface area contributed by atoms with Gasteiger partial charge < -0.3 is 15.4 Å². The molecule has 0 atom stereocenters. The topological polar surface area (TPSA) is 45.7 Å². The minimum absolute atomic E-state index is 0. The summed E-state index contributed by atoms with van der Waals surface area (Å²) in [7, 11) is 1.69. The zero-order valence-electron chi connectivity index (χ0n) is 14.8. The summed E-state index contributed by atoms with van der Waals surface area (Å²) < 4.78 is 19.2. The van der Waals surface area contributed by atoms with Crippen molar-refractivity contribution >= 4 is 29.9 Å². The van der Waals surface area contributed by atoms with E-state index in [2.05, 4.69) is 15.6 Å². The van der Waals surface area contributed by atoms with Gasteiger partial charge in [-0.1, -0.05) is 30.3 Å². The Balaban J connectivity index is 0.00000312. The van der Waals surface area contributed by atoms with Crippen LogP contribution >= 0.6 is 24.0 Å². The minimum Gasteiger partial charge on any atom is -0.491 e. The van der Waals surface area contributed by atoms with Gasteiger partial charge in [-0.05, 0) is 37.6 Å². The van der Waals surface area contributed by atoms with Gasteiger partial charge in [0.2, 0.25) is 0 Å². The monoisotopic (exact) mass is 457 g/mol. The Hall–Kier alpha value is -1.83. The lowest BCUT2D eigenvalue weighted by Crippen LogP contribution is -2.36. The number of hydrogen-bond donors (Lipinski definition) is 2. The number of benzene rings is 2. The summed E-state index contributed by atoms with van der Waals surface area (Å²) in [5.41, 5.74) is 1.72. The fourth-order valence-corrected chi connectivity index (χ4v) is 2.19. The molecule has 0 amide bonds. The minimum atomic E-state index is -0.221. The van der Waals surface area contributed by atoms with Crippen LogP contribution in [0.2, 0.25) is 0 Å². The highest BCUT2D eigenvalue weighted by Gasteiger charge is 2.03. The van der Waals surface area contributed by atoms with Crippen LogP contribution in [0, 0.1) is 5.82 Å². The highest BCUT2D eigenvalue weighted by atomic mass is 127. The lowest BCUT2D eigenvalue weighted by molar-refractivity contribution is 0.242. The van der Waals surface area contributed by atoms with Crippen molar-refractivity contribution in [3.8, 4) is 5.75 Å². The van der Waals surface area contributed by atoms with Crippen molar-refractivity contribution in [2.24, 2.45) is 4.99 Å². The van der Waals surface area contributed by atoms with Crippen LogP contribution in [0.3, 0.4) is 0 Å². The number of rotatable bonds is 6. The van der Waals surface area contributed by atoms with Crippen LogP contribution in [-0.4, -0.2) is 19.1 Å². The molecule has 0 aliphatic rings. The maximum Gasteiger partial charge on any atom is 0.191 e. The number of halogens is 2. The third kappa shape index (κ3) is 7.29. The third-order valence-corrected chi connectivity index (χ3v) is 3.38. The van der Waals surface area contributed by atoms with Gasteiger partial charge in [-0.15, -0.1) is 24.0 Å². The summed E-state index contributed by atoms with van der Waals surface area (Å²) in [5, 5.41) is 6.32. The summed E-state index contributed by atoms with van der Waals surface area (Å²) in [6, 6.07) is 14.6. The molecule has 0 aliphatic heterocycles. The van der Waals surface area contributed by atoms with Crippen LogP contribution in [0.1, 0.15) is 25.0 Å². The predicted molar refractivity (Wildman–Crippen MR) is 111 cm³/mol. The van der Waals surface area contributed by atoms with Crippen molar-refractivity contribution in [2.75, 3.05) is 7.05 Å². The molecule has 4 nitrogen and oxygen atoms in total. The van der Waals surface area contributed by atoms with Gasteiger partial charge in [-0.2, -0.15) is 0 Å². The van der Waals surface area contributed by atoms with Crippen LogP contribution < -0.4 is 15.4 Å². The number of guanidine groups is 1. The molecule has 0 radical (unpaired) electrons. The van der Waals surface area contributed by atoms with Gasteiger partial charge in [-0.25, -0.2) is 4.39 Å². The quantitative estimate of drug-likeness (QED) is 0.390. The van der Waals surface area contributed by atoms with Gasteiger partial charge in [0.05, 0.1) is 6.10 Å². The Morgan fingerprint density at radius 3 is 2.28 bits per heavy atom. The SMILES string of the molecule is CN=C(NCc1ccc(OC(C)C)cc1)NCc1ccccc1F.I. The Kier molecular flexibility index (Phi) is 9.26. The maximum atomic E-state index is 13.6. The van der Waals surface area contributed by atoms with Crippen molar-refractivity contribution in [1.29, 1.82) is 0 Å². The van der Waals surface area contributed by atoms with Crippen molar-refractivity contribution in [2.45, 2.75) is 33.0 Å². The molecular formula is C19H25FIN3O. The van der Waals surface area contributed by atoms with Crippen molar-refractivity contribution in [3.63, 3.8) is 0 Å². The molecule has 136 valence electrons. The highest BCUT2D eigenvalue weighted by molar-refractivity contribution is 14.0. The van der Waals surface area contributed by atoms with E-state index in [0.717, 1.165) is 11.3 Å². The smallest absolute Gasteiger partial charge is 0.191 e. The summed E-state index contributed by atoms with van der Waals surface area (Å²) in [5.74, 6) is 1.26. The standard InChI is InChI=1S/C19H24FN3O.HI/c1-14(2)24-17-10-8-15(9-11-17)12-22-19(21-3)23-13-16-6-4-5-7-18(16)20;/h4-11,14H,12-13H2,1-3H3,(H2,21,22,23);1H. The molecule has 0 spiro atoms. The van der Waals surface area contributed by atoms with Gasteiger partial charge >= 0.3 is 0 Å². The number of hydrogen-bond acceptors (Lipinski definition) is 2. The predicted octanol–water partition coefficient (Wildman–Crippen LogP) is 4.10. The van der Waals surface area contributed by atoms with Gasteiger partial charge in [0, 0.05) is 25.7 Å². The molecule has 0 fully saturated rings. The van der Waals surface area contributed by atoms with E-state index in [0.29, 0.717) is 24.6 Å². The zero-order chi connectivity index (χ0) is 17.4. The van der Waals surface area contributed by atoms with E-state index < -0.39 is 0 Å². The van der Waals surface area contributed by atoms with Gasteiger partial charge in [0.15, 0.2) is 5.96 Å². The lowest BCUT2D eigenvalue weighted by Gasteiger charge is -2.13. The van der Waals surface area contributed by atoms with Crippen LogP contribution in [-0.2, 0) is 13.1 Å². The van der Waals surface area contributed by atoms with Crippen molar-refractivity contribution < 1.29 is 9.13 Å². The van der Waals surface area contributed by atoms with Crippen LogP contribution in [0.25, 0.3) is 0 Å². The third-order valence-electron chi connectivity index (χ3n) is 3.38. The molecule has 0 bridgehead atoms. The first kappa shape index (κ1) is 21.2. The fourth-order valence-electron chi connectivity index (χ4n) is 2.19. The summed E-state index contributed by atoms with van der Waals surface area (Å²) in [6.45, 7) is 5.01. The second-order valence-electron chi connectivity index (χ2n) is 5.68. The van der Waals surface area contributed by atoms with E-state index >= 15 is 0 Å². The number of nitrogens with zero attached hydrogens (tertiary/aromatic N) is 1. The number of ether oxygens (including phenoxy) is 1. The normalized spacial score (nSPS) is 11.0. The van der Waals surface area contributed by atoms with E-state index in [1.165, 1.54) is 6.07 Å².